The molecule has 0 amide bonds. The molecule has 172 valence electrons. The van der Waals surface area contributed by atoms with Gasteiger partial charge in [-0.25, -0.2) is 8.42 Å². The summed E-state index contributed by atoms with van der Waals surface area (Å²) < 4.78 is 39.4. The van der Waals surface area contributed by atoms with Gasteiger partial charge in [0, 0.05) is 37.3 Å². The standard InChI is InChI=1S/C22H27N3O6S/c1-30-17-8-10-21(31-2)18(15-17)19-6-5-13-24(19)20-9-7-16(25(26)27)14-22(20)32(28,29)23-11-3-4-12-23/h7-10,14-15,19H,3-6,11-13H2,1-2H3. The molecule has 2 aromatic carbocycles. The van der Waals surface area contributed by atoms with E-state index in [9.17, 15) is 18.5 Å². The largest absolute Gasteiger partial charge is 0.497 e. The second-order valence-corrected chi connectivity index (χ2v) is 9.89. The van der Waals surface area contributed by atoms with Crippen molar-refractivity contribution >= 4 is 21.4 Å². The summed E-state index contributed by atoms with van der Waals surface area (Å²) >= 11 is 0. The number of hydrogen-bond acceptors (Lipinski definition) is 7. The second-order valence-electron chi connectivity index (χ2n) is 7.98. The van der Waals surface area contributed by atoms with Crippen LogP contribution in [0.2, 0.25) is 0 Å². The van der Waals surface area contributed by atoms with E-state index in [1.807, 2.05) is 23.1 Å². The molecule has 0 aromatic heterocycles. The van der Waals surface area contributed by atoms with Crippen LogP contribution in [-0.2, 0) is 10.0 Å². The average Bonchev–Trinajstić information content (AvgIpc) is 3.50. The molecule has 9 nitrogen and oxygen atoms in total. The number of nitrogens with zero attached hydrogens (tertiary/aromatic N) is 3. The molecule has 2 aliphatic rings. The van der Waals surface area contributed by atoms with E-state index in [0.29, 0.717) is 36.8 Å². The fraction of sp³-hybridized carbons (Fsp3) is 0.455. The Labute approximate surface area is 187 Å². The van der Waals surface area contributed by atoms with Crippen molar-refractivity contribution in [2.75, 3.05) is 38.8 Å². The van der Waals surface area contributed by atoms with Gasteiger partial charge in [0.2, 0.25) is 10.0 Å². The van der Waals surface area contributed by atoms with Gasteiger partial charge in [-0.15, -0.1) is 0 Å². The Morgan fingerprint density at radius 2 is 1.75 bits per heavy atom. The number of sulfonamides is 1. The summed E-state index contributed by atoms with van der Waals surface area (Å²) in [6.45, 7) is 1.49. The highest BCUT2D eigenvalue weighted by Gasteiger charge is 2.36. The maximum atomic E-state index is 13.5. The molecular formula is C22H27N3O6S. The van der Waals surface area contributed by atoms with Crippen LogP contribution in [0, 0.1) is 10.1 Å². The van der Waals surface area contributed by atoms with E-state index in [2.05, 4.69) is 0 Å². The lowest BCUT2D eigenvalue weighted by molar-refractivity contribution is -0.385. The molecule has 0 bridgehead atoms. The van der Waals surface area contributed by atoms with Crippen LogP contribution in [0.5, 0.6) is 11.5 Å². The van der Waals surface area contributed by atoms with Crippen LogP contribution in [-0.4, -0.2) is 51.5 Å². The van der Waals surface area contributed by atoms with Gasteiger partial charge < -0.3 is 14.4 Å². The number of nitro benzene ring substituents is 1. The van der Waals surface area contributed by atoms with Gasteiger partial charge in [-0.2, -0.15) is 4.31 Å². The zero-order chi connectivity index (χ0) is 22.9. The highest BCUT2D eigenvalue weighted by Crippen LogP contribution is 2.44. The van der Waals surface area contributed by atoms with Gasteiger partial charge in [-0.05, 0) is 49.9 Å². The molecule has 2 heterocycles. The number of hydrogen-bond donors (Lipinski definition) is 0. The molecule has 2 aliphatic heterocycles. The summed E-state index contributed by atoms with van der Waals surface area (Å²) in [4.78, 5) is 12.9. The molecule has 10 heteroatoms. The normalized spacial score (nSPS) is 19.3. The first kappa shape index (κ1) is 22.3. The molecule has 0 aliphatic carbocycles. The lowest BCUT2D eigenvalue weighted by Gasteiger charge is -2.30. The molecule has 1 unspecified atom stereocenters. The van der Waals surface area contributed by atoms with Crippen LogP contribution >= 0.6 is 0 Å². The van der Waals surface area contributed by atoms with Crippen molar-refractivity contribution in [2.24, 2.45) is 0 Å². The van der Waals surface area contributed by atoms with Gasteiger partial charge in [-0.3, -0.25) is 10.1 Å². The lowest BCUT2D eigenvalue weighted by atomic mass is 10.0. The van der Waals surface area contributed by atoms with Gasteiger partial charge in [0.25, 0.3) is 5.69 Å². The Morgan fingerprint density at radius 1 is 1.00 bits per heavy atom. The van der Waals surface area contributed by atoms with Crippen LogP contribution in [0.4, 0.5) is 11.4 Å². The summed E-state index contributed by atoms with van der Waals surface area (Å²) in [5.74, 6) is 1.37. The summed E-state index contributed by atoms with van der Waals surface area (Å²) in [6, 6.07) is 9.54. The van der Waals surface area contributed by atoms with E-state index < -0.39 is 14.9 Å². The number of ether oxygens (including phenoxy) is 2. The first-order valence-electron chi connectivity index (χ1n) is 10.6. The number of nitro groups is 1. The third-order valence-corrected chi connectivity index (χ3v) is 8.12. The van der Waals surface area contributed by atoms with E-state index in [-0.39, 0.29) is 16.6 Å². The maximum absolute atomic E-state index is 13.5. The van der Waals surface area contributed by atoms with Crippen molar-refractivity contribution in [3.8, 4) is 11.5 Å². The van der Waals surface area contributed by atoms with Crippen molar-refractivity contribution < 1.29 is 22.8 Å². The predicted octanol–water partition coefficient (Wildman–Crippen LogP) is 3.74. The van der Waals surface area contributed by atoms with Crippen molar-refractivity contribution in [2.45, 2.75) is 36.6 Å². The van der Waals surface area contributed by atoms with E-state index in [1.165, 1.54) is 16.4 Å². The quantitative estimate of drug-likeness (QED) is 0.457. The van der Waals surface area contributed by atoms with Gasteiger partial charge in [0.05, 0.1) is 30.9 Å². The molecule has 1 atom stereocenters. The fourth-order valence-electron chi connectivity index (χ4n) is 4.61. The molecule has 2 aromatic rings. The SMILES string of the molecule is COc1ccc(OC)c(C2CCCN2c2ccc([N+](=O)[O-])cc2S(=O)(=O)N2CCCC2)c1. The highest BCUT2D eigenvalue weighted by atomic mass is 32.2. The van der Waals surface area contributed by atoms with Crippen LogP contribution in [0.3, 0.4) is 0 Å². The third kappa shape index (κ3) is 4.00. The van der Waals surface area contributed by atoms with E-state index in [1.54, 1.807) is 20.3 Å². The number of benzene rings is 2. The zero-order valence-corrected chi connectivity index (χ0v) is 19.0. The monoisotopic (exact) mass is 461 g/mol. The van der Waals surface area contributed by atoms with Crippen LogP contribution in [0.25, 0.3) is 0 Å². The molecule has 2 saturated heterocycles. The van der Waals surface area contributed by atoms with Gasteiger partial charge in [-0.1, -0.05) is 0 Å². The smallest absolute Gasteiger partial charge is 0.270 e. The fourth-order valence-corrected chi connectivity index (χ4v) is 6.34. The average molecular weight is 462 g/mol. The Balaban J connectivity index is 1.83. The molecule has 0 saturated carbocycles. The topological polar surface area (TPSA) is 102 Å². The molecule has 2 fully saturated rings. The number of non-ortho nitro benzene ring substituents is 1. The van der Waals surface area contributed by atoms with Crippen molar-refractivity contribution in [1.82, 2.24) is 4.31 Å². The van der Waals surface area contributed by atoms with E-state index >= 15 is 0 Å². The molecule has 0 radical (unpaired) electrons. The first-order chi connectivity index (χ1) is 15.4. The molecule has 4 rings (SSSR count). The highest BCUT2D eigenvalue weighted by molar-refractivity contribution is 7.89. The third-order valence-electron chi connectivity index (χ3n) is 6.20. The van der Waals surface area contributed by atoms with Gasteiger partial charge in [0.1, 0.15) is 16.4 Å². The number of methoxy groups -OCH3 is 2. The minimum absolute atomic E-state index is 0.0117. The van der Waals surface area contributed by atoms with Crippen molar-refractivity contribution in [3.63, 3.8) is 0 Å². The van der Waals surface area contributed by atoms with E-state index in [4.69, 9.17) is 9.47 Å². The minimum Gasteiger partial charge on any atom is -0.497 e. The first-order valence-corrected chi connectivity index (χ1v) is 12.1. The number of rotatable bonds is 7. The summed E-state index contributed by atoms with van der Waals surface area (Å²) in [5.41, 5.74) is 1.14. The predicted molar refractivity (Wildman–Crippen MR) is 120 cm³/mol. The Bertz CT molecular complexity index is 1110. The van der Waals surface area contributed by atoms with Crippen LogP contribution < -0.4 is 14.4 Å². The Kier molecular flexibility index (Phi) is 6.25. The molecule has 32 heavy (non-hydrogen) atoms. The molecular weight excluding hydrogens is 434 g/mol. The molecule has 0 N–H and O–H groups in total. The maximum Gasteiger partial charge on any atom is 0.270 e. The second kappa shape index (κ2) is 8.95. The van der Waals surface area contributed by atoms with Gasteiger partial charge >= 0.3 is 0 Å². The number of anilines is 1. The lowest BCUT2D eigenvalue weighted by Crippen LogP contribution is -2.31. The summed E-state index contributed by atoms with van der Waals surface area (Å²) in [5, 5.41) is 11.4. The zero-order valence-electron chi connectivity index (χ0n) is 18.2. The minimum atomic E-state index is -3.87. The van der Waals surface area contributed by atoms with Crippen LogP contribution in [0.15, 0.2) is 41.3 Å². The summed E-state index contributed by atoms with van der Waals surface area (Å²) in [6.07, 6.45) is 3.22. The summed E-state index contributed by atoms with van der Waals surface area (Å²) in [7, 11) is -0.676. The Morgan fingerprint density at radius 3 is 2.41 bits per heavy atom. The Hall–Kier alpha value is -2.85. The van der Waals surface area contributed by atoms with Crippen molar-refractivity contribution in [1.29, 1.82) is 0 Å². The van der Waals surface area contributed by atoms with Crippen molar-refractivity contribution in [3.05, 3.63) is 52.1 Å². The van der Waals surface area contributed by atoms with Crippen LogP contribution in [0.1, 0.15) is 37.3 Å². The van der Waals surface area contributed by atoms with E-state index in [0.717, 1.165) is 31.2 Å². The van der Waals surface area contributed by atoms with Gasteiger partial charge in [0.15, 0.2) is 0 Å². The molecule has 0 spiro atoms.